The fourth-order valence-electron chi connectivity index (χ4n) is 1.85. The van der Waals surface area contributed by atoms with Crippen molar-refractivity contribution >= 4 is 44.1 Å². The average molecular weight is 428 g/mol. The molecule has 0 unspecified atom stereocenters. The number of hydrogen-bond donors (Lipinski definition) is 2. The zero-order valence-electron chi connectivity index (χ0n) is 13.6. The molecule has 0 aliphatic rings. The fourth-order valence-corrected chi connectivity index (χ4v) is 3.51. The first-order valence-corrected chi connectivity index (χ1v) is 9.40. The zero-order valence-corrected chi connectivity index (χ0v) is 16.8. The molecule has 5 nitrogen and oxygen atoms in total. The first-order valence-electron chi connectivity index (χ1n) is 7.12. The fraction of sp³-hybridized carbons (Fsp3) is 0.533. The lowest BCUT2D eigenvalue weighted by Crippen LogP contribution is -2.44. The Kier molecular flexibility index (Phi) is 9.35. The van der Waals surface area contributed by atoms with Crippen LogP contribution in [0.2, 0.25) is 0 Å². The van der Waals surface area contributed by atoms with Crippen LogP contribution in [0.3, 0.4) is 0 Å². The largest absolute Gasteiger partial charge is 0.355 e. The van der Waals surface area contributed by atoms with E-state index in [9.17, 15) is 13.2 Å². The summed E-state index contributed by atoms with van der Waals surface area (Å²) in [6.07, 6.45) is 1.11. The van der Waals surface area contributed by atoms with Crippen molar-refractivity contribution in [2.45, 2.75) is 36.3 Å². The van der Waals surface area contributed by atoms with Crippen LogP contribution in [0.15, 0.2) is 33.6 Å². The maximum Gasteiger partial charge on any atom is 0.220 e. The second-order valence-electron chi connectivity index (χ2n) is 5.70. The van der Waals surface area contributed by atoms with Crippen LogP contribution < -0.4 is 10.6 Å². The van der Waals surface area contributed by atoms with Crippen LogP contribution >= 0.6 is 28.3 Å². The highest BCUT2D eigenvalue weighted by molar-refractivity contribution is 9.10. The number of carbonyl (C=O) groups is 1. The van der Waals surface area contributed by atoms with Crippen LogP contribution in [0, 0.1) is 0 Å². The van der Waals surface area contributed by atoms with Crippen molar-refractivity contribution in [3.05, 3.63) is 28.7 Å². The molecular weight excluding hydrogens is 404 g/mol. The number of rotatable bonds is 8. The summed E-state index contributed by atoms with van der Waals surface area (Å²) < 4.78 is 25.1. The van der Waals surface area contributed by atoms with E-state index in [1.165, 1.54) is 0 Å². The van der Waals surface area contributed by atoms with Crippen molar-refractivity contribution < 1.29 is 13.2 Å². The van der Waals surface area contributed by atoms with E-state index in [0.29, 0.717) is 6.42 Å². The summed E-state index contributed by atoms with van der Waals surface area (Å²) in [6, 6.07) is 6.52. The van der Waals surface area contributed by atoms with Crippen LogP contribution in [-0.2, 0) is 14.6 Å². The number of halogens is 2. The van der Waals surface area contributed by atoms with Crippen molar-refractivity contribution in [1.29, 1.82) is 0 Å². The first-order chi connectivity index (χ1) is 10.2. The first kappa shape index (κ1) is 22.4. The van der Waals surface area contributed by atoms with Crippen LogP contribution in [0.25, 0.3) is 0 Å². The summed E-state index contributed by atoms with van der Waals surface area (Å²) >= 11 is 3.29. The summed E-state index contributed by atoms with van der Waals surface area (Å²) in [6.45, 7) is 4.09. The molecule has 1 rings (SSSR count). The predicted octanol–water partition coefficient (Wildman–Crippen LogP) is 2.54. The van der Waals surface area contributed by atoms with Gasteiger partial charge in [-0.25, -0.2) is 8.42 Å². The molecule has 0 aliphatic carbocycles. The molecule has 132 valence electrons. The van der Waals surface area contributed by atoms with Crippen LogP contribution in [0.5, 0.6) is 0 Å². The van der Waals surface area contributed by atoms with E-state index in [1.807, 2.05) is 7.05 Å². The lowest BCUT2D eigenvalue weighted by molar-refractivity contribution is -0.121. The minimum Gasteiger partial charge on any atom is -0.355 e. The standard InChI is InChI=1S/C15H23BrN2O3S.ClH/c1-15(2,11-18-14(19)5-4-10-17-3)22(20,21)13-8-6-12(16)7-9-13;/h6-9,17H,4-5,10-11H2,1-3H3,(H,18,19);1H. The van der Waals surface area contributed by atoms with Gasteiger partial charge in [-0.3, -0.25) is 4.79 Å². The van der Waals surface area contributed by atoms with E-state index < -0.39 is 14.6 Å². The second-order valence-corrected chi connectivity index (χ2v) is 9.20. The topological polar surface area (TPSA) is 75.3 Å². The van der Waals surface area contributed by atoms with Gasteiger partial charge in [-0.2, -0.15) is 0 Å². The van der Waals surface area contributed by atoms with Crippen molar-refractivity contribution in [2.24, 2.45) is 0 Å². The molecule has 23 heavy (non-hydrogen) atoms. The van der Waals surface area contributed by atoms with Gasteiger partial charge in [0.15, 0.2) is 9.84 Å². The molecule has 0 atom stereocenters. The van der Waals surface area contributed by atoms with E-state index in [1.54, 1.807) is 38.1 Å². The molecular formula is C15H24BrClN2O3S. The molecule has 0 fully saturated rings. The molecule has 2 N–H and O–H groups in total. The second kappa shape index (κ2) is 9.61. The lowest BCUT2D eigenvalue weighted by Gasteiger charge is -2.25. The number of amides is 1. The van der Waals surface area contributed by atoms with Crippen LogP contribution in [0.4, 0.5) is 0 Å². The normalized spacial score (nSPS) is 11.7. The number of benzene rings is 1. The summed E-state index contributed by atoms with van der Waals surface area (Å²) in [7, 11) is -1.70. The minimum absolute atomic E-state index is 0. The molecule has 1 aromatic rings. The van der Waals surface area contributed by atoms with Crippen molar-refractivity contribution in [1.82, 2.24) is 10.6 Å². The molecule has 0 aliphatic heterocycles. The van der Waals surface area contributed by atoms with Crippen LogP contribution in [-0.4, -0.2) is 39.2 Å². The Morgan fingerprint density at radius 1 is 1.22 bits per heavy atom. The van der Waals surface area contributed by atoms with E-state index >= 15 is 0 Å². The molecule has 0 bridgehead atoms. The molecule has 8 heteroatoms. The molecule has 0 spiro atoms. The molecule has 1 aromatic carbocycles. The molecule has 0 radical (unpaired) electrons. The monoisotopic (exact) mass is 426 g/mol. The predicted molar refractivity (Wildman–Crippen MR) is 98.8 cm³/mol. The highest BCUT2D eigenvalue weighted by atomic mass is 79.9. The SMILES string of the molecule is CNCCCC(=O)NCC(C)(C)S(=O)(=O)c1ccc(Br)cc1.Cl. The van der Waals surface area contributed by atoms with E-state index in [2.05, 4.69) is 26.6 Å². The summed E-state index contributed by atoms with van der Waals surface area (Å²) in [4.78, 5) is 12.0. The maximum absolute atomic E-state index is 12.7. The minimum atomic E-state index is -3.52. The van der Waals surface area contributed by atoms with Gasteiger partial charge < -0.3 is 10.6 Å². The number of hydrogen-bond acceptors (Lipinski definition) is 4. The van der Waals surface area contributed by atoms with Gasteiger partial charge in [0.05, 0.1) is 9.64 Å². The third-order valence-electron chi connectivity index (χ3n) is 3.39. The quantitative estimate of drug-likeness (QED) is 0.625. The van der Waals surface area contributed by atoms with Gasteiger partial charge in [-0.15, -0.1) is 12.4 Å². The van der Waals surface area contributed by atoms with Gasteiger partial charge in [0, 0.05) is 17.4 Å². The molecule has 1 amide bonds. The smallest absolute Gasteiger partial charge is 0.220 e. The Morgan fingerprint density at radius 3 is 2.30 bits per heavy atom. The Hall–Kier alpha value is -0.630. The van der Waals surface area contributed by atoms with E-state index in [-0.39, 0.29) is 29.8 Å². The Bertz CT molecular complexity index is 604. The van der Waals surface area contributed by atoms with E-state index in [0.717, 1.165) is 17.4 Å². The van der Waals surface area contributed by atoms with Gasteiger partial charge in [0.1, 0.15) is 0 Å². The number of nitrogens with one attached hydrogen (secondary N) is 2. The third kappa shape index (κ3) is 6.41. The van der Waals surface area contributed by atoms with Gasteiger partial charge >= 0.3 is 0 Å². The molecule has 0 saturated heterocycles. The maximum atomic E-state index is 12.7. The third-order valence-corrected chi connectivity index (χ3v) is 6.41. The summed E-state index contributed by atoms with van der Waals surface area (Å²) in [5.74, 6) is -0.130. The Balaban J connectivity index is 0.00000484. The number of sulfone groups is 1. The zero-order chi connectivity index (χ0) is 16.8. The van der Waals surface area contributed by atoms with Gasteiger partial charge in [-0.05, 0) is 58.1 Å². The lowest BCUT2D eigenvalue weighted by atomic mass is 10.2. The summed E-state index contributed by atoms with van der Waals surface area (Å²) in [5.41, 5.74) is 0. The Labute approximate surface area is 153 Å². The highest BCUT2D eigenvalue weighted by Crippen LogP contribution is 2.26. The van der Waals surface area contributed by atoms with Crippen molar-refractivity contribution in [2.75, 3.05) is 20.1 Å². The molecule has 0 aromatic heterocycles. The van der Waals surface area contributed by atoms with E-state index in [4.69, 9.17) is 0 Å². The van der Waals surface area contributed by atoms with Gasteiger partial charge in [-0.1, -0.05) is 15.9 Å². The van der Waals surface area contributed by atoms with Gasteiger partial charge in [0.2, 0.25) is 5.91 Å². The number of carbonyl (C=O) groups excluding carboxylic acids is 1. The highest BCUT2D eigenvalue weighted by Gasteiger charge is 2.35. The Morgan fingerprint density at radius 2 is 1.78 bits per heavy atom. The molecule has 0 saturated carbocycles. The van der Waals surface area contributed by atoms with Crippen LogP contribution in [0.1, 0.15) is 26.7 Å². The molecule has 0 heterocycles. The van der Waals surface area contributed by atoms with Gasteiger partial charge in [0.25, 0.3) is 0 Å². The van der Waals surface area contributed by atoms with Crippen molar-refractivity contribution in [3.8, 4) is 0 Å². The van der Waals surface area contributed by atoms with Crippen molar-refractivity contribution in [3.63, 3.8) is 0 Å². The summed E-state index contributed by atoms with van der Waals surface area (Å²) in [5, 5.41) is 5.68. The average Bonchev–Trinajstić information content (AvgIpc) is 2.46.